The lowest BCUT2D eigenvalue weighted by Crippen LogP contribution is -2.42. The van der Waals surface area contributed by atoms with E-state index in [9.17, 15) is 12.8 Å². The highest BCUT2D eigenvalue weighted by Crippen LogP contribution is 2.27. The maximum absolute atomic E-state index is 13.5. The molecular formula is C16H19ClFN3O3S. The van der Waals surface area contributed by atoms with Gasteiger partial charge in [-0.05, 0) is 38.8 Å². The molecule has 25 heavy (non-hydrogen) atoms. The van der Waals surface area contributed by atoms with Crippen molar-refractivity contribution in [1.29, 1.82) is 0 Å². The van der Waals surface area contributed by atoms with E-state index in [1.807, 2.05) is 0 Å². The number of H-pyrrole nitrogens is 1. The molecule has 136 valence electrons. The van der Waals surface area contributed by atoms with Gasteiger partial charge in [-0.3, -0.25) is 5.10 Å². The van der Waals surface area contributed by atoms with Crippen LogP contribution in [0.4, 0.5) is 4.39 Å². The van der Waals surface area contributed by atoms with Gasteiger partial charge in [-0.25, -0.2) is 12.8 Å². The number of sulfonamides is 1. The number of halogens is 2. The summed E-state index contributed by atoms with van der Waals surface area (Å²) in [7, 11) is -3.58. The molecule has 0 atom stereocenters. The summed E-state index contributed by atoms with van der Waals surface area (Å²) in [6.45, 7) is 4.04. The van der Waals surface area contributed by atoms with Gasteiger partial charge >= 0.3 is 0 Å². The van der Waals surface area contributed by atoms with Crippen LogP contribution in [-0.4, -0.2) is 42.1 Å². The zero-order valence-electron chi connectivity index (χ0n) is 13.9. The summed E-state index contributed by atoms with van der Waals surface area (Å²) < 4.78 is 46.3. The molecule has 1 aromatic carbocycles. The van der Waals surface area contributed by atoms with Gasteiger partial charge in [0.1, 0.15) is 22.6 Å². The highest BCUT2D eigenvalue weighted by atomic mass is 35.5. The van der Waals surface area contributed by atoms with Gasteiger partial charge in [0.25, 0.3) is 0 Å². The third kappa shape index (κ3) is 3.65. The van der Waals surface area contributed by atoms with E-state index in [1.165, 1.54) is 16.4 Å². The zero-order chi connectivity index (χ0) is 18.2. The third-order valence-electron chi connectivity index (χ3n) is 4.25. The molecular weight excluding hydrogens is 369 g/mol. The van der Waals surface area contributed by atoms with Gasteiger partial charge < -0.3 is 4.74 Å². The Balaban J connectivity index is 1.66. The summed E-state index contributed by atoms with van der Waals surface area (Å²) in [4.78, 5) is 0.242. The first-order valence-corrected chi connectivity index (χ1v) is 9.74. The highest BCUT2D eigenvalue weighted by Gasteiger charge is 2.33. The number of nitrogens with zero attached hydrogens (tertiary/aromatic N) is 2. The zero-order valence-corrected chi connectivity index (χ0v) is 15.5. The van der Waals surface area contributed by atoms with Crippen LogP contribution in [0.3, 0.4) is 0 Å². The van der Waals surface area contributed by atoms with Crippen LogP contribution in [-0.2, 0) is 10.0 Å². The summed E-state index contributed by atoms with van der Waals surface area (Å²) in [5.74, 6) is -0.144. The molecule has 6 nitrogen and oxygen atoms in total. The Morgan fingerprint density at radius 3 is 2.56 bits per heavy atom. The van der Waals surface area contributed by atoms with Gasteiger partial charge in [0.2, 0.25) is 10.0 Å². The van der Waals surface area contributed by atoms with Gasteiger partial charge in [0.05, 0.1) is 16.4 Å². The molecule has 0 bridgehead atoms. The monoisotopic (exact) mass is 387 g/mol. The van der Waals surface area contributed by atoms with Crippen LogP contribution in [0, 0.1) is 19.7 Å². The van der Waals surface area contributed by atoms with Crippen molar-refractivity contribution in [1.82, 2.24) is 14.5 Å². The van der Waals surface area contributed by atoms with Crippen LogP contribution in [0.1, 0.15) is 24.2 Å². The Hall–Kier alpha value is -1.64. The molecule has 1 aliphatic rings. The number of hydrogen-bond donors (Lipinski definition) is 1. The van der Waals surface area contributed by atoms with Gasteiger partial charge in [-0.1, -0.05) is 11.6 Å². The van der Waals surface area contributed by atoms with Gasteiger partial charge in [0, 0.05) is 19.2 Å². The molecule has 0 amide bonds. The Morgan fingerprint density at radius 1 is 1.32 bits per heavy atom. The summed E-state index contributed by atoms with van der Waals surface area (Å²) in [5.41, 5.74) is 1.00. The first-order valence-electron chi connectivity index (χ1n) is 7.92. The predicted molar refractivity (Wildman–Crippen MR) is 91.9 cm³/mol. The van der Waals surface area contributed by atoms with Crippen LogP contribution in [0.5, 0.6) is 5.75 Å². The van der Waals surface area contributed by atoms with Crippen molar-refractivity contribution >= 4 is 21.6 Å². The Labute approximate surface area is 151 Å². The van der Waals surface area contributed by atoms with Crippen molar-refractivity contribution in [2.45, 2.75) is 37.7 Å². The van der Waals surface area contributed by atoms with Crippen LogP contribution in [0.25, 0.3) is 0 Å². The minimum absolute atomic E-state index is 0.0408. The number of benzene rings is 1. The van der Waals surface area contributed by atoms with E-state index in [0.29, 0.717) is 43.1 Å². The molecule has 0 unspecified atom stereocenters. The average Bonchev–Trinajstić information content (AvgIpc) is 2.91. The number of rotatable bonds is 4. The molecule has 9 heteroatoms. The second-order valence-electron chi connectivity index (χ2n) is 6.06. The van der Waals surface area contributed by atoms with E-state index in [0.717, 1.165) is 0 Å². The lowest BCUT2D eigenvalue weighted by atomic mass is 10.1. The number of hydrogen-bond acceptors (Lipinski definition) is 4. The molecule has 2 heterocycles. The van der Waals surface area contributed by atoms with E-state index >= 15 is 0 Å². The number of nitrogens with one attached hydrogen (secondary N) is 1. The standard InChI is InChI=1S/C16H19ClFN3O3S/c1-10-16(11(2)20-19-10)25(22,23)21-7-5-12(6-8-21)24-13-3-4-14(17)15(18)9-13/h3-4,9,12H,5-8H2,1-2H3,(H,19,20). The fourth-order valence-corrected chi connectivity index (χ4v) is 4.90. The minimum atomic E-state index is -3.58. The molecule has 1 aliphatic heterocycles. The second-order valence-corrected chi connectivity index (χ2v) is 8.34. The third-order valence-corrected chi connectivity index (χ3v) is 6.72. The normalized spacial score (nSPS) is 17.0. The molecule has 0 radical (unpaired) electrons. The molecule has 2 aromatic rings. The van der Waals surface area contributed by atoms with Crippen LogP contribution in [0.2, 0.25) is 5.02 Å². The minimum Gasteiger partial charge on any atom is -0.490 e. The second kappa shape index (κ2) is 6.93. The number of piperidine rings is 1. The smallest absolute Gasteiger partial charge is 0.246 e. The molecule has 1 N–H and O–H groups in total. The van der Waals surface area contributed by atoms with Crippen molar-refractivity contribution in [3.8, 4) is 5.75 Å². The van der Waals surface area contributed by atoms with Gasteiger partial charge in [-0.2, -0.15) is 9.40 Å². The summed E-state index contributed by atoms with van der Waals surface area (Å²) >= 11 is 5.66. The molecule has 1 saturated heterocycles. The fourth-order valence-electron chi connectivity index (χ4n) is 2.98. The van der Waals surface area contributed by atoms with E-state index in [2.05, 4.69) is 10.2 Å². The maximum atomic E-state index is 13.5. The summed E-state index contributed by atoms with van der Waals surface area (Å²) in [6.07, 6.45) is 0.886. The van der Waals surface area contributed by atoms with Crippen molar-refractivity contribution in [3.05, 3.63) is 40.4 Å². The molecule has 0 aliphatic carbocycles. The topological polar surface area (TPSA) is 75.3 Å². The summed E-state index contributed by atoms with van der Waals surface area (Å²) in [5, 5.41) is 6.71. The lowest BCUT2D eigenvalue weighted by Gasteiger charge is -2.31. The number of ether oxygens (including phenoxy) is 1. The highest BCUT2D eigenvalue weighted by molar-refractivity contribution is 7.89. The SMILES string of the molecule is Cc1n[nH]c(C)c1S(=O)(=O)N1CCC(Oc2ccc(Cl)c(F)c2)CC1. The fraction of sp³-hybridized carbons (Fsp3) is 0.438. The molecule has 0 spiro atoms. The number of aryl methyl sites for hydroxylation is 2. The Kier molecular flexibility index (Phi) is 5.04. The van der Waals surface area contributed by atoms with E-state index in [4.69, 9.17) is 16.3 Å². The van der Waals surface area contributed by atoms with E-state index in [-0.39, 0.29) is 16.0 Å². The van der Waals surface area contributed by atoms with Crippen molar-refractivity contribution < 1.29 is 17.5 Å². The van der Waals surface area contributed by atoms with Crippen molar-refractivity contribution in [2.75, 3.05) is 13.1 Å². The Bertz CT molecular complexity index is 857. The average molecular weight is 388 g/mol. The molecule has 0 saturated carbocycles. The van der Waals surface area contributed by atoms with E-state index in [1.54, 1.807) is 19.9 Å². The molecule has 3 rings (SSSR count). The summed E-state index contributed by atoms with van der Waals surface area (Å²) in [6, 6.07) is 4.28. The predicted octanol–water partition coefficient (Wildman–Crippen LogP) is 3.05. The van der Waals surface area contributed by atoms with E-state index < -0.39 is 15.8 Å². The molecule has 1 fully saturated rings. The van der Waals surface area contributed by atoms with Gasteiger partial charge in [0.15, 0.2) is 0 Å². The van der Waals surface area contributed by atoms with Crippen LogP contribution in [0.15, 0.2) is 23.1 Å². The van der Waals surface area contributed by atoms with Crippen molar-refractivity contribution in [3.63, 3.8) is 0 Å². The quantitative estimate of drug-likeness (QED) is 0.874. The first-order chi connectivity index (χ1) is 11.8. The van der Waals surface area contributed by atoms with Crippen molar-refractivity contribution in [2.24, 2.45) is 0 Å². The number of aromatic amines is 1. The Morgan fingerprint density at radius 2 is 2.00 bits per heavy atom. The lowest BCUT2D eigenvalue weighted by molar-refractivity contribution is 0.134. The van der Waals surface area contributed by atoms with Gasteiger partial charge in [-0.15, -0.1) is 0 Å². The maximum Gasteiger partial charge on any atom is 0.246 e. The first kappa shape index (κ1) is 18.2. The number of aromatic nitrogens is 2. The largest absolute Gasteiger partial charge is 0.490 e. The van der Waals surface area contributed by atoms with Crippen LogP contribution >= 0.6 is 11.6 Å². The van der Waals surface area contributed by atoms with Crippen LogP contribution < -0.4 is 4.74 Å². The molecule has 1 aromatic heterocycles.